The van der Waals surface area contributed by atoms with Crippen LogP contribution in [0.25, 0.3) is 0 Å². The van der Waals surface area contributed by atoms with E-state index < -0.39 is 6.04 Å². The van der Waals surface area contributed by atoms with Gasteiger partial charge in [0.25, 0.3) is 0 Å². The van der Waals surface area contributed by atoms with Crippen molar-refractivity contribution in [2.45, 2.75) is 25.3 Å². The Kier molecular flexibility index (Phi) is 4.05. The Bertz CT molecular complexity index is 519. The van der Waals surface area contributed by atoms with Gasteiger partial charge in [-0.25, -0.2) is 0 Å². The minimum Gasteiger partial charge on any atom is -0.493 e. The molecule has 0 amide bonds. The molecule has 0 fully saturated rings. The first-order valence-electron chi connectivity index (χ1n) is 5.77. The number of ether oxygens (including phenoxy) is 1. The maximum absolute atomic E-state index is 11.9. The zero-order chi connectivity index (χ0) is 13.1. The van der Waals surface area contributed by atoms with Crippen LogP contribution in [0.15, 0.2) is 16.6 Å². The van der Waals surface area contributed by atoms with Crippen molar-refractivity contribution in [1.82, 2.24) is 0 Å². The number of hydrogen-bond donors (Lipinski definition) is 1. The van der Waals surface area contributed by atoms with Crippen LogP contribution in [0.3, 0.4) is 0 Å². The summed E-state index contributed by atoms with van der Waals surface area (Å²) < 4.78 is 6.53. The average molecular weight is 308 g/mol. The van der Waals surface area contributed by atoms with Crippen molar-refractivity contribution < 1.29 is 9.53 Å². The zero-order valence-electron chi connectivity index (χ0n) is 9.91. The number of fused-ring (bicyclic) bond motifs is 1. The number of Topliss-reactive ketones (excluding diaryl/α,β-unsaturated/α-hetero) is 1. The maximum atomic E-state index is 11.9. The van der Waals surface area contributed by atoms with Crippen LogP contribution in [0.4, 0.5) is 0 Å². The predicted molar refractivity (Wildman–Crippen MR) is 73.5 cm³/mol. The van der Waals surface area contributed by atoms with Crippen molar-refractivity contribution in [3.63, 3.8) is 0 Å². The molecule has 94 valence electrons. The van der Waals surface area contributed by atoms with Gasteiger partial charge in [-0.15, -0.1) is 12.3 Å². The third-order valence-electron chi connectivity index (χ3n) is 2.94. The van der Waals surface area contributed by atoms with E-state index in [2.05, 4.69) is 21.9 Å². The molecule has 3 nitrogen and oxygen atoms in total. The molecule has 0 bridgehead atoms. The van der Waals surface area contributed by atoms with E-state index in [0.29, 0.717) is 6.61 Å². The van der Waals surface area contributed by atoms with E-state index in [4.69, 9.17) is 16.9 Å². The minimum absolute atomic E-state index is 0.0521. The molecule has 0 aliphatic carbocycles. The third-order valence-corrected chi connectivity index (χ3v) is 3.40. The van der Waals surface area contributed by atoms with Crippen molar-refractivity contribution in [3.8, 4) is 18.1 Å². The topological polar surface area (TPSA) is 52.3 Å². The second-order valence-electron chi connectivity index (χ2n) is 4.31. The van der Waals surface area contributed by atoms with Gasteiger partial charge in [-0.1, -0.05) is 15.9 Å². The largest absolute Gasteiger partial charge is 0.493 e. The van der Waals surface area contributed by atoms with Crippen LogP contribution in [0, 0.1) is 12.3 Å². The lowest BCUT2D eigenvalue weighted by molar-refractivity contribution is -0.119. The van der Waals surface area contributed by atoms with E-state index >= 15 is 0 Å². The molecule has 18 heavy (non-hydrogen) atoms. The van der Waals surface area contributed by atoms with Gasteiger partial charge in [-0.05, 0) is 17.7 Å². The summed E-state index contributed by atoms with van der Waals surface area (Å²) >= 11 is 3.44. The van der Waals surface area contributed by atoms with Crippen LogP contribution in [0.2, 0.25) is 0 Å². The molecule has 1 aliphatic heterocycles. The Labute approximate surface area is 115 Å². The highest BCUT2D eigenvalue weighted by Crippen LogP contribution is 2.33. The first-order valence-corrected chi connectivity index (χ1v) is 6.57. The first kappa shape index (κ1) is 13.1. The normalized spacial score (nSPS) is 14.5. The van der Waals surface area contributed by atoms with Crippen molar-refractivity contribution in [2.24, 2.45) is 5.73 Å². The Morgan fingerprint density at radius 2 is 2.39 bits per heavy atom. The monoisotopic (exact) mass is 307 g/mol. The van der Waals surface area contributed by atoms with Crippen LogP contribution < -0.4 is 10.5 Å². The molecule has 2 N–H and O–H groups in total. The first-order chi connectivity index (χ1) is 8.61. The fourth-order valence-electron chi connectivity index (χ4n) is 2.04. The molecule has 2 rings (SSSR count). The van der Waals surface area contributed by atoms with Gasteiger partial charge in [-0.2, -0.15) is 0 Å². The number of ketones is 1. The molecule has 1 atom stereocenters. The van der Waals surface area contributed by atoms with Crippen LogP contribution in [0.5, 0.6) is 5.75 Å². The molecular weight excluding hydrogens is 294 g/mol. The van der Waals surface area contributed by atoms with Gasteiger partial charge in [0.2, 0.25) is 0 Å². The Morgan fingerprint density at radius 3 is 3.11 bits per heavy atom. The molecule has 0 saturated carbocycles. The number of carbonyl (C=O) groups excluding carboxylic acids is 1. The number of halogens is 1. The predicted octanol–water partition coefficient (Wildman–Crippen LogP) is 1.85. The highest BCUT2D eigenvalue weighted by atomic mass is 79.9. The molecule has 0 radical (unpaired) electrons. The van der Waals surface area contributed by atoms with E-state index in [-0.39, 0.29) is 18.6 Å². The van der Waals surface area contributed by atoms with E-state index in [1.54, 1.807) is 0 Å². The van der Waals surface area contributed by atoms with E-state index in [0.717, 1.165) is 27.8 Å². The van der Waals surface area contributed by atoms with Crippen molar-refractivity contribution in [1.29, 1.82) is 0 Å². The number of carbonyl (C=O) groups is 1. The molecule has 4 heteroatoms. The lowest BCUT2D eigenvalue weighted by Gasteiger charge is -2.11. The Balaban J connectivity index is 2.20. The summed E-state index contributed by atoms with van der Waals surface area (Å²) in [6.45, 7) is 0.670. The second-order valence-corrected chi connectivity index (χ2v) is 5.23. The number of benzene rings is 1. The molecule has 0 aromatic heterocycles. The number of nitrogens with two attached hydrogens (primary N) is 1. The molecule has 0 saturated heterocycles. The fraction of sp³-hybridized carbons (Fsp3) is 0.357. The van der Waals surface area contributed by atoms with Crippen LogP contribution >= 0.6 is 15.9 Å². The minimum atomic E-state index is -0.592. The van der Waals surface area contributed by atoms with Gasteiger partial charge in [0.15, 0.2) is 5.78 Å². The Hall–Kier alpha value is -1.31. The Morgan fingerprint density at radius 1 is 1.61 bits per heavy atom. The molecule has 1 aliphatic rings. The highest BCUT2D eigenvalue weighted by Gasteiger charge is 2.21. The summed E-state index contributed by atoms with van der Waals surface area (Å²) in [6, 6.07) is 3.34. The van der Waals surface area contributed by atoms with E-state index in [1.807, 2.05) is 12.1 Å². The third kappa shape index (κ3) is 2.74. The summed E-state index contributed by atoms with van der Waals surface area (Å²) in [7, 11) is 0. The van der Waals surface area contributed by atoms with Gasteiger partial charge in [0, 0.05) is 29.3 Å². The second kappa shape index (κ2) is 5.55. The summed E-state index contributed by atoms with van der Waals surface area (Å²) in [6.07, 6.45) is 6.58. The van der Waals surface area contributed by atoms with E-state index in [9.17, 15) is 4.79 Å². The SMILES string of the molecule is C#CCC(N)C(=O)Cc1cc(Br)cc2c1OCC2. The molecule has 1 heterocycles. The summed E-state index contributed by atoms with van der Waals surface area (Å²) in [5, 5.41) is 0. The molecular formula is C14H14BrNO2. The van der Waals surface area contributed by atoms with Gasteiger partial charge >= 0.3 is 0 Å². The summed E-state index contributed by atoms with van der Waals surface area (Å²) in [5.74, 6) is 3.19. The standard InChI is InChI=1S/C14H14BrNO2/c1-2-3-12(16)13(17)8-10-7-11(15)6-9-4-5-18-14(9)10/h1,6-7,12H,3-5,8,16H2. The quantitative estimate of drug-likeness (QED) is 0.864. The van der Waals surface area contributed by atoms with Crippen molar-refractivity contribution in [3.05, 3.63) is 27.7 Å². The zero-order valence-corrected chi connectivity index (χ0v) is 11.5. The summed E-state index contributed by atoms with van der Waals surface area (Å²) in [5.41, 5.74) is 7.73. The van der Waals surface area contributed by atoms with Crippen LogP contribution in [-0.2, 0) is 17.6 Å². The summed E-state index contributed by atoms with van der Waals surface area (Å²) in [4.78, 5) is 11.9. The lowest BCUT2D eigenvalue weighted by atomic mass is 9.99. The van der Waals surface area contributed by atoms with Gasteiger partial charge < -0.3 is 10.5 Å². The van der Waals surface area contributed by atoms with Crippen molar-refractivity contribution >= 4 is 21.7 Å². The number of rotatable bonds is 4. The molecule has 1 aromatic carbocycles. The van der Waals surface area contributed by atoms with Crippen LogP contribution in [-0.4, -0.2) is 18.4 Å². The van der Waals surface area contributed by atoms with E-state index in [1.165, 1.54) is 0 Å². The van der Waals surface area contributed by atoms with Gasteiger partial charge in [0.1, 0.15) is 5.75 Å². The average Bonchev–Trinajstić information content (AvgIpc) is 2.77. The van der Waals surface area contributed by atoms with Crippen molar-refractivity contribution in [2.75, 3.05) is 6.61 Å². The number of terminal acetylenes is 1. The highest BCUT2D eigenvalue weighted by molar-refractivity contribution is 9.10. The molecule has 1 unspecified atom stereocenters. The fourth-order valence-corrected chi connectivity index (χ4v) is 2.59. The van der Waals surface area contributed by atoms with Crippen LogP contribution in [0.1, 0.15) is 17.5 Å². The molecule has 1 aromatic rings. The molecule has 0 spiro atoms. The van der Waals surface area contributed by atoms with Gasteiger partial charge in [0.05, 0.1) is 12.6 Å². The number of hydrogen-bond acceptors (Lipinski definition) is 3. The van der Waals surface area contributed by atoms with Gasteiger partial charge in [-0.3, -0.25) is 4.79 Å². The smallest absolute Gasteiger partial charge is 0.154 e. The lowest BCUT2D eigenvalue weighted by Crippen LogP contribution is -2.31. The maximum Gasteiger partial charge on any atom is 0.154 e.